The number of pyridine rings is 1. The van der Waals surface area contributed by atoms with Crippen molar-refractivity contribution in [2.45, 2.75) is 44.4 Å². The predicted molar refractivity (Wildman–Crippen MR) is 114 cm³/mol. The maximum absolute atomic E-state index is 6.25. The molecular weight excluding hydrogens is 385 g/mol. The number of halogens is 2. The van der Waals surface area contributed by atoms with Crippen LogP contribution in [0.2, 0.25) is 10.0 Å². The van der Waals surface area contributed by atoms with E-state index in [4.69, 9.17) is 35.4 Å². The summed E-state index contributed by atoms with van der Waals surface area (Å²) in [5, 5.41) is 8.56. The van der Waals surface area contributed by atoms with E-state index in [1.165, 1.54) is 24.8 Å². The zero-order valence-electron chi connectivity index (χ0n) is 14.8. The molecule has 1 heterocycles. The molecule has 0 bridgehead atoms. The van der Waals surface area contributed by atoms with Crippen molar-refractivity contribution in [3.05, 3.63) is 57.7 Å². The Labute approximate surface area is 170 Å². The monoisotopic (exact) mass is 407 g/mol. The topological polar surface area (TPSA) is 37.0 Å². The van der Waals surface area contributed by atoms with Crippen molar-refractivity contribution in [3.63, 3.8) is 0 Å². The second-order valence-electron chi connectivity index (χ2n) is 6.98. The summed E-state index contributed by atoms with van der Waals surface area (Å²) in [6.07, 6.45) is 7.66. The zero-order chi connectivity index (χ0) is 18.6. The Morgan fingerprint density at radius 2 is 1.96 bits per heavy atom. The molecule has 1 saturated carbocycles. The molecule has 0 atom stereocenters. The third kappa shape index (κ3) is 4.67. The van der Waals surface area contributed by atoms with Crippen LogP contribution in [-0.4, -0.2) is 16.6 Å². The summed E-state index contributed by atoms with van der Waals surface area (Å²) in [5.74, 6) is 0.699. The highest BCUT2D eigenvalue weighted by atomic mass is 35.5. The normalized spacial score (nSPS) is 16.1. The first kappa shape index (κ1) is 19.4. The molecule has 1 aromatic heterocycles. The Morgan fingerprint density at radius 3 is 2.65 bits per heavy atom. The van der Waals surface area contributed by atoms with Gasteiger partial charge in [-0.15, -0.1) is 0 Å². The van der Waals surface area contributed by atoms with Gasteiger partial charge >= 0.3 is 0 Å². The minimum absolute atomic E-state index is 0.0677. The van der Waals surface area contributed by atoms with Gasteiger partial charge in [-0.05, 0) is 61.3 Å². The van der Waals surface area contributed by atoms with Gasteiger partial charge in [0.1, 0.15) is 5.82 Å². The Bertz CT molecular complexity index is 788. The van der Waals surface area contributed by atoms with E-state index in [1.54, 1.807) is 6.20 Å². The van der Waals surface area contributed by atoms with Crippen LogP contribution in [0.15, 0.2) is 36.5 Å². The lowest BCUT2D eigenvalue weighted by molar-refractivity contribution is 0.292. The Morgan fingerprint density at radius 1 is 1.19 bits per heavy atom. The van der Waals surface area contributed by atoms with Gasteiger partial charge in [-0.1, -0.05) is 54.6 Å². The summed E-state index contributed by atoms with van der Waals surface area (Å²) in [6.45, 7) is 2.73. The number of aromatic nitrogens is 1. The third-order valence-corrected chi connectivity index (χ3v) is 6.00. The smallest absolute Gasteiger partial charge is 0.171 e. The van der Waals surface area contributed by atoms with E-state index in [-0.39, 0.29) is 5.41 Å². The molecule has 6 heteroatoms. The summed E-state index contributed by atoms with van der Waals surface area (Å²) in [5.41, 5.74) is 2.33. The van der Waals surface area contributed by atoms with Gasteiger partial charge < -0.3 is 10.6 Å². The first-order valence-corrected chi connectivity index (χ1v) is 10.1. The van der Waals surface area contributed by atoms with Gasteiger partial charge in [0, 0.05) is 23.2 Å². The van der Waals surface area contributed by atoms with Gasteiger partial charge in [0.25, 0.3) is 0 Å². The number of nitrogens with one attached hydrogen (secondary N) is 2. The number of anilines is 1. The molecule has 0 radical (unpaired) electrons. The van der Waals surface area contributed by atoms with Crippen LogP contribution in [0.4, 0.5) is 5.82 Å². The van der Waals surface area contributed by atoms with Gasteiger partial charge in [-0.3, -0.25) is 0 Å². The van der Waals surface area contributed by atoms with Crippen LogP contribution in [0.25, 0.3) is 0 Å². The van der Waals surface area contributed by atoms with Crippen LogP contribution in [0.5, 0.6) is 0 Å². The summed E-state index contributed by atoms with van der Waals surface area (Å²) in [6, 6.07) is 10.1. The van der Waals surface area contributed by atoms with Crippen molar-refractivity contribution in [1.29, 1.82) is 0 Å². The van der Waals surface area contributed by atoms with E-state index in [2.05, 4.69) is 27.8 Å². The van der Waals surface area contributed by atoms with Crippen LogP contribution in [0, 0.1) is 6.92 Å². The van der Waals surface area contributed by atoms with Crippen LogP contribution < -0.4 is 10.6 Å². The minimum atomic E-state index is 0.0677. The molecule has 26 heavy (non-hydrogen) atoms. The molecule has 0 aliphatic heterocycles. The number of hydrogen-bond acceptors (Lipinski definition) is 2. The van der Waals surface area contributed by atoms with Gasteiger partial charge in [-0.2, -0.15) is 0 Å². The summed E-state index contributed by atoms with van der Waals surface area (Å²) in [7, 11) is 0. The lowest BCUT2D eigenvalue weighted by atomic mass is 9.69. The van der Waals surface area contributed by atoms with E-state index in [0.29, 0.717) is 16.0 Å². The maximum atomic E-state index is 6.25. The Kier molecular flexibility index (Phi) is 6.38. The highest BCUT2D eigenvalue weighted by Gasteiger charge is 2.34. The molecule has 1 aliphatic carbocycles. The average Bonchev–Trinajstić information content (AvgIpc) is 2.64. The molecule has 0 amide bonds. The summed E-state index contributed by atoms with van der Waals surface area (Å²) >= 11 is 17.8. The fourth-order valence-corrected chi connectivity index (χ4v) is 4.10. The van der Waals surface area contributed by atoms with E-state index < -0.39 is 0 Å². The number of rotatable bonds is 4. The van der Waals surface area contributed by atoms with E-state index >= 15 is 0 Å². The molecule has 3 nitrogen and oxygen atoms in total. The second-order valence-corrected chi connectivity index (χ2v) is 8.23. The molecule has 2 aromatic rings. The van der Waals surface area contributed by atoms with Crippen LogP contribution in [0.1, 0.15) is 43.2 Å². The fourth-order valence-electron chi connectivity index (χ4n) is 3.63. The van der Waals surface area contributed by atoms with Crippen LogP contribution in [-0.2, 0) is 5.41 Å². The molecule has 138 valence electrons. The average molecular weight is 408 g/mol. The number of benzene rings is 1. The molecule has 2 N–H and O–H groups in total. The number of thiocarbonyl (C=S) groups is 1. The maximum Gasteiger partial charge on any atom is 0.171 e. The van der Waals surface area contributed by atoms with Gasteiger partial charge in [0.15, 0.2) is 5.11 Å². The lowest BCUT2D eigenvalue weighted by Gasteiger charge is -2.38. The van der Waals surface area contributed by atoms with Crippen molar-refractivity contribution in [1.82, 2.24) is 10.3 Å². The molecule has 1 fully saturated rings. The molecular formula is C20H23Cl2N3S. The summed E-state index contributed by atoms with van der Waals surface area (Å²) < 4.78 is 0. The predicted octanol–water partition coefficient (Wildman–Crippen LogP) is 5.89. The van der Waals surface area contributed by atoms with Gasteiger partial charge in [0.2, 0.25) is 0 Å². The third-order valence-electron chi connectivity index (χ3n) is 5.12. The van der Waals surface area contributed by atoms with Crippen LogP contribution in [0.3, 0.4) is 0 Å². The van der Waals surface area contributed by atoms with Gasteiger partial charge in [0.05, 0.1) is 5.02 Å². The zero-order valence-corrected chi connectivity index (χ0v) is 17.1. The number of nitrogens with zero attached hydrogens (tertiary/aromatic N) is 1. The SMILES string of the molecule is Cc1cc(NC(=S)NCC2(c3cccc(Cl)c3)CCCCC2)ncc1Cl. The molecule has 0 unspecified atom stereocenters. The molecule has 1 aliphatic rings. The van der Waals surface area contributed by atoms with Crippen molar-refractivity contribution in [2.75, 3.05) is 11.9 Å². The number of aryl methyl sites for hydroxylation is 1. The lowest BCUT2D eigenvalue weighted by Crippen LogP contribution is -2.43. The Balaban J connectivity index is 1.69. The highest BCUT2D eigenvalue weighted by Crippen LogP contribution is 2.39. The summed E-state index contributed by atoms with van der Waals surface area (Å²) in [4.78, 5) is 4.27. The molecule has 0 saturated heterocycles. The van der Waals surface area contributed by atoms with E-state index in [1.807, 2.05) is 25.1 Å². The molecule has 0 spiro atoms. The van der Waals surface area contributed by atoms with Crippen molar-refractivity contribution in [2.24, 2.45) is 0 Å². The fraction of sp³-hybridized carbons (Fsp3) is 0.400. The number of hydrogen-bond donors (Lipinski definition) is 2. The van der Waals surface area contributed by atoms with Crippen molar-refractivity contribution in [3.8, 4) is 0 Å². The van der Waals surface area contributed by atoms with Crippen LogP contribution >= 0.6 is 35.4 Å². The van der Waals surface area contributed by atoms with Crippen molar-refractivity contribution < 1.29 is 0 Å². The highest BCUT2D eigenvalue weighted by molar-refractivity contribution is 7.80. The largest absolute Gasteiger partial charge is 0.362 e. The first-order chi connectivity index (χ1) is 12.5. The van der Waals surface area contributed by atoms with Gasteiger partial charge in [-0.25, -0.2) is 4.98 Å². The standard InChI is InChI=1S/C20H23Cl2N3S/c1-14-10-18(23-12-17(14)22)25-19(26)24-13-20(8-3-2-4-9-20)15-6-5-7-16(21)11-15/h5-7,10-12H,2-4,8-9,13H2,1H3,(H2,23,24,25,26). The Hall–Kier alpha value is -1.36. The molecule has 3 rings (SSSR count). The quantitative estimate of drug-likeness (QED) is 0.619. The van der Waals surface area contributed by atoms with E-state index in [9.17, 15) is 0 Å². The van der Waals surface area contributed by atoms with Crippen molar-refractivity contribution >= 4 is 46.4 Å². The van der Waals surface area contributed by atoms with E-state index in [0.717, 1.165) is 30.0 Å². The molecule has 1 aromatic carbocycles. The first-order valence-electron chi connectivity index (χ1n) is 8.92. The minimum Gasteiger partial charge on any atom is -0.362 e. The second kappa shape index (κ2) is 8.55.